The van der Waals surface area contributed by atoms with E-state index in [9.17, 15) is 8.42 Å². The third kappa shape index (κ3) is 3.95. The van der Waals surface area contributed by atoms with Gasteiger partial charge in [0.1, 0.15) is 0 Å². The molecule has 0 heterocycles. The van der Waals surface area contributed by atoms with Gasteiger partial charge in [-0.25, -0.2) is 13.1 Å². The van der Waals surface area contributed by atoms with Crippen LogP contribution in [0.2, 0.25) is 5.02 Å². The van der Waals surface area contributed by atoms with E-state index in [1.54, 1.807) is 6.07 Å². The van der Waals surface area contributed by atoms with Gasteiger partial charge in [0.2, 0.25) is 10.0 Å². The molecule has 0 bridgehead atoms. The highest BCUT2D eigenvalue weighted by atomic mass is 79.9. The molecule has 0 aliphatic heterocycles. The SMILES string of the molecule is CC(NS(=O)(=O)c1ccc(Cl)c(Br)c1)C(C)(C)C. The van der Waals surface area contributed by atoms with Gasteiger partial charge in [-0.2, -0.15) is 0 Å². The summed E-state index contributed by atoms with van der Waals surface area (Å²) in [4.78, 5) is 0.204. The van der Waals surface area contributed by atoms with Gasteiger partial charge < -0.3 is 0 Å². The van der Waals surface area contributed by atoms with Crippen LogP contribution in [0.15, 0.2) is 27.6 Å². The molecular formula is C12H17BrClNO2S. The Labute approximate surface area is 122 Å². The van der Waals surface area contributed by atoms with E-state index in [1.165, 1.54) is 12.1 Å². The van der Waals surface area contributed by atoms with E-state index in [1.807, 2.05) is 27.7 Å². The van der Waals surface area contributed by atoms with E-state index in [0.717, 1.165) is 0 Å². The highest BCUT2D eigenvalue weighted by Gasteiger charge is 2.26. The summed E-state index contributed by atoms with van der Waals surface area (Å²) < 4.78 is 27.6. The average Bonchev–Trinajstić information content (AvgIpc) is 2.19. The zero-order valence-corrected chi connectivity index (χ0v) is 13.9. The Hall–Kier alpha value is -0.100. The van der Waals surface area contributed by atoms with E-state index in [-0.39, 0.29) is 16.4 Å². The Balaban J connectivity index is 3.04. The Morgan fingerprint density at radius 3 is 2.33 bits per heavy atom. The first-order chi connectivity index (χ1) is 8.04. The third-order valence-corrected chi connectivity index (χ3v) is 5.58. The van der Waals surface area contributed by atoms with Crippen LogP contribution >= 0.6 is 27.5 Å². The maximum absolute atomic E-state index is 12.2. The number of sulfonamides is 1. The van der Waals surface area contributed by atoms with Crippen molar-refractivity contribution in [3.05, 3.63) is 27.7 Å². The highest BCUT2D eigenvalue weighted by Crippen LogP contribution is 2.26. The molecule has 18 heavy (non-hydrogen) atoms. The van der Waals surface area contributed by atoms with Gasteiger partial charge in [0, 0.05) is 10.5 Å². The van der Waals surface area contributed by atoms with E-state index in [4.69, 9.17) is 11.6 Å². The fourth-order valence-electron chi connectivity index (χ4n) is 1.12. The molecule has 0 spiro atoms. The molecule has 1 unspecified atom stereocenters. The molecular weight excluding hydrogens is 338 g/mol. The predicted octanol–water partition coefficient (Wildman–Crippen LogP) is 3.82. The second-order valence-electron chi connectivity index (χ2n) is 5.28. The van der Waals surface area contributed by atoms with Crippen molar-refractivity contribution >= 4 is 37.6 Å². The number of benzene rings is 1. The molecule has 0 amide bonds. The summed E-state index contributed by atoms with van der Waals surface area (Å²) in [6.45, 7) is 7.80. The lowest BCUT2D eigenvalue weighted by molar-refractivity contribution is 0.317. The molecule has 3 nitrogen and oxygen atoms in total. The summed E-state index contributed by atoms with van der Waals surface area (Å²) in [6.07, 6.45) is 0. The standard InChI is InChI=1S/C12H17BrClNO2S/c1-8(12(2,3)4)15-18(16,17)9-5-6-11(14)10(13)7-9/h5-8,15H,1-4H3. The minimum Gasteiger partial charge on any atom is -0.208 e. The van der Waals surface area contributed by atoms with Crippen LogP contribution in [0.1, 0.15) is 27.7 Å². The number of rotatable bonds is 3. The van der Waals surface area contributed by atoms with Crippen molar-refractivity contribution in [3.63, 3.8) is 0 Å². The Bertz CT molecular complexity index is 537. The van der Waals surface area contributed by atoms with Gasteiger partial charge in [-0.1, -0.05) is 32.4 Å². The van der Waals surface area contributed by atoms with Crippen molar-refractivity contribution in [2.24, 2.45) is 5.41 Å². The first-order valence-electron chi connectivity index (χ1n) is 5.51. The van der Waals surface area contributed by atoms with Gasteiger partial charge in [0.05, 0.1) is 9.92 Å². The van der Waals surface area contributed by atoms with E-state index >= 15 is 0 Å². The van der Waals surface area contributed by atoms with Crippen LogP contribution in [-0.4, -0.2) is 14.5 Å². The van der Waals surface area contributed by atoms with Crippen molar-refractivity contribution in [1.82, 2.24) is 4.72 Å². The average molecular weight is 355 g/mol. The van der Waals surface area contributed by atoms with E-state index < -0.39 is 10.0 Å². The van der Waals surface area contributed by atoms with Crippen LogP contribution in [0.4, 0.5) is 0 Å². The molecule has 0 aliphatic carbocycles. The number of hydrogen-bond acceptors (Lipinski definition) is 2. The molecule has 0 aliphatic rings. The summed E-state index contributed by atoms with van der Waals surface area (Å²) in [5, 5.41) is 0.484. The van der Waals surface area contributed by atoms with E-state index in [0.29, 0.717) is 9.50 Å². The van der Waals surface area contributed by atoms with Crippen LogP contribution in [0.5, 0.6) is 0 Å². The fraction of sp³-hybridized carbons (Fsp3) is 0.500. The number of nitrogens with one attached hydrogen (secondary N) is 1. The van der Waals surface area contributed by atoms with Crippen LogP contribution in [-0.2, 0) is 10.0 Å². The van der Waals surface area contributed by atoms with Crippen molar-refractivity contribution < 1.29 is 8.42 Å². The summed E-state index contributed by atoms with van der Waals surface area (Å²) in [5.74, 6) is 0. The van der Waals surface area contributed by atoms with Gasteiger partial charge >= 0.3 is 0 Å². The zero-order valence-electron chi connectivity index (χ0n) is 10.8. The Morgan fingerprint density at radius 2 is 1.89 bits per heavy atom. The number of hydrogen-bond donors (Lipinski definition) is 1. The van der Waals surface area contributed by atoms with Gasteiger partial charge in [-0.15, -0.1) is 0 Å². The molecule has 102 valence electrons. The first-order valence-corrected chi connectivity index (χ1v) is 8.17. The Morgan fingerprint density at radius 1 is 1.33 bits per heavy atom. The van der Waals surface area contributed by atoms with Crippen molar-refractivity contribution in [1.29, 1.82) is 0 Å². The molecule has 6 heteroatoms. The smallest absolute Gasteiger partial charge is 0.208 e. The van der Waals surface area contributed by atoms with Crippen molar-refractivity contribution in [3.8, 4) is 0 Å². The lowest BCUT2D eigenvalue weighted by atomic mass is 9.89. The maximum atomic E-state index is 12.2. The minimum atomic E-state index is -3.52. The molecule has 0 fully saturated rings. The topological polar surface area (TPSA) is 46.2 Å². The van der Waals surface area contributed by atoms with Gasteiger partial charge in [0.25, 0.3) is 0 Å². The maximum Gasteiger partial charge on any atom is 0.240 e. The molecule has 1 aromatic carbocycles. The monoisotopic (exact) mass is 353 g/mol. The van der Waals surface area contributed by atoms with Gasteiger partial charge in [-0.3, -0.25) is 0 Å². The second kappa shape index (κ2) is 5.49. The molecule has 0 radical (unpaired) electrons. The van der Waals surface area contributed by atoms with Crippen molar-refractivity contribution in [2.75, 3.05) is 0 Å². The molecule has 0 saturated carbocycles. The third-order valence-electron chi connectivity index (χ3n) is 2.83. The van der Waals surface area contributed by atoms with Gasteiger partial charge in [0.15, 0.2) is 0 Å². The lowest BCUT2D eigenvalue weighted by Gasteiger charge is -2.27. The van der Waals surface area contributed by atoms with Crippen LogP contribution in [0.3, 0.4) is 0 Å². The highest BCUT2D eigenvalue weighted by molar-refractivity contribution is 9.10. The normalized spacial score (nSPS) is 14.6. The second-order valence-corrected chi connectivity index (χ2v) is 8.26. The Kier molecular flexibility index (Phi) is 4.87. The molecule has 1 N–H and O–H groups in total. The number of halogens is 2. The quantitative estimate of drug-likeness (QED) is 0.897. The van der Waals surface area contributed by atoms with Gasteiger partial charge in [-0.05, 0) is 46.5 Å². The molecule has 0 saturated heterocycles. The summed E-state index contributed by atoms with van der Waals surface area (Å²) in [7, 11) is -3.52. The van der Waals surface area contributed by atoms with Crippen LogP contribution < -0.4 is 4.72 Å². The van der Waals surface area contributed by atoms with E-state index in [2.05, 4.69) is 20.7 Å². The predicted molar refractivity (Wildman–Crippen MR) is 78.4 cm³/mol. The zero-order chi connectivity index (χ0) is 14.1. The summed E-state index contributed by atoms with van der Waals surface area (Å²) >= 11 is 9.07. The van der Waals surface area contributed by atoms with Crippen molar-refractivity contribution in [2.45, 2.75) is 38.6 Å². The summed E-state index contributed by atoms with van der Waals surface area (Å²) in [5.41, 5.74) is -0.142. The fourth-order valence-corrected chi connectivity index (χ4v) is 3.24. The molecule has 1 aromatic rings. The van der Waals surface area contributed by atoms with Crippen LogP contribution in [0, 0.1) is 5.41 Å². The molecule has 0 aromatic heterocycles. The summed E-state index contributed by atoms with van der Waals surface area (Å²) in [6, 6.07) is 4.38. The minimum absolute atomic E-state index is 0.142. The molecule has 1 rings (SSSR count). The largest absolute Gasteiger partial charge is 0.240 e. The molecule has 1 atom stereocenters. The first kappa shape index (κ1) is 16.0. The van der Waals surface area contributed by atoms with Crippen LogP contribution in [0.25, 0.3) is 0 Å². The lowest BCUT2D eigenvalue weighted by Crippen LogP contribution is -2.41.